The number of hydrogen-bond donors (Lipinski definition) is 0. The molecule has 2 atom stereocenters. The van der Waals surface area contributed by atoms with Gasteiger partial charge in [-0.2, -0.15) is 0 Å². The first kappa shape index (κ1) is 91.0. The normalized spacial score (nSPS) is 13.2. The first-order valence-electron chi connectivity index (χ1n) is 40.0. The van der Waals surface area contributed by atoms with E-state index in [4.69, 9.17) is 18.9 Å². The number of quaternary nitrogens is 1. The standard InChI is InChI=1S/C86H151NO8/c1-6-8-10-12-14-16-18-20-22-24-26-28-30-32-34-36-38-40-41-42-43-45-47-49-51-53-55-57-59-61-63-65-67-69-71-73-75-77-84(89)95-82(81-94-86(85(90)91)92-79-78-87(3,4)5)80-93-83(88)76-74-72-70-68-66-64-62-60-58-56-54-52-50-48-46-44-39-37-35-33-31-29-27-25-23-21-19-17-15-13-11-9-7-2/h8,10,14,16,20,22,26,28,32,34,38,40,42-43,47,49,53,55,82,86H,6-7,9,11-13,15,17-19,21,23-25,27,29-31,33,35-37,39,41,44-46,48,50-52,54,56-81H2,1-5H3/b10-8-,16-14-,22-20-,28-26-,34-32-,40-38-,43-42-,49-47-,55-53-. The van der Waals surface area contributed by atoms with Crippen molar-refractivity contribution in [1.82, 2.24) is 0 Å². The van der Waals surface area contributed by atoms with Gasteiger partial charge in [0.1, 0.15) is 13.2 Å². The van der Waals surface area contributed by atoms with E-state index in [9.17, 15) is 19.5 Å². The van der Waals surface area contributed by atoms with E-state index < -0.39 is 24.3 Å². The molecule has 0 saturated carbocycles. The summed E-state index contributed by atoms with van der Waals surface area (Å²) in [4.78, 5) is 37.6. The fraction of sp³-hybridized carbons (Fsp3) is 0.756. The van der Waals surface area contributed by atoms with Crippen molar-refractivity contribution in [1.29, 1.82) is 0 Å². The number of carboxylic acid groups (broad SMARTS) is 1. The Morgan fingerprint density at radius 1 is 0.326 bits per heavy atom. The van der Waals surface area contributed by atoms with Gasteiger partial charge in [0.25, 0.3) is 0 Å². The largest absolute Gasteiger partial charge is 0.545 e. The van der Waals surface area contributed by atoms with E-state index in [1.807, 2.05) is 21.1 Å². The molecule has 0 amide bonds. The number of nitrogens with zero attached hydrogens (tertiary/aromatic N) is 1. The molecule has 0 aliphatic heterocycles. The fourth-order valence-electron chi connectivity index (χ4n) is 11.5. The quantitative estimate of drug-likeness (QED) is 0.0195. The predicted octanol–water partition coefficient (Wildman–Crippen LogP) is 24.4. The maximum atomic E-state index is 13.0. The Morgan fingerprint density at radius 3 is 0.895 bits per heavy atom. The number of esters is 2. The lowest BCUT2D eigenvalue weighted by atomic mass is 10.0. The zero-order chi connectivity index (χ0) is 69.0. The van der Waals surface area contributed by atoms with Crippen LogP contribution in [-0.4, -0.2) is 82.3 Å². The van der Waals surface area contributed by atoms with Crippen LogP contribution in [0.25, 0.3) is 0 Å². The molecule has 9 heteroatoms. The number of aliphatic carboxylic acids is 1. The van der Waals surface area contributed by atoms with Crippen molar-refractivity contribution >= 4 is 17.9 Å². The predicted molar refractivity (Wildman–Crippen MR) is 407 cm³/mol. The number of ether oxygens (including phenoxy) is 4. The minimum Gasteiger partial charge on any atom is -0.545 e. The summed E-state index contributed by atoms with van der Waals surface area (Å²) >= 11 is 0. The molecule has 548 valence electrons. The van der Waals surface area contributed by atoms with Crippen LogP contribution in [0.1, 0.15) is 361 Å². The number of unbranched alkanes of at least 4 members (excludes halogenated alkanes) is 41. The van der Waals surface area contributed by atoms with Gasteiger partial charge in [-0.25, -0.2) is 0 Å². The zero-order valence-electron chi connectivity index (χ0n) is 62.8. The van der Waals surface area contributed by atoms with Crippen LogP contribution in [0.2, 0.25) is 0 Å². The summed E-state index contributed by atoms with van der Waals surface area (Å²) < 4.78 is 22.9. The van der Waals surface area contributed by atoms with Gasteiger partial charge in [0, 0.05) is 12.8 Å². The molecule has 0 saturated heterocycles. The SMILES string of the molecule is CC/C=C\C/C=C\C/C=C\C/C=C\C/C=C\C/C=C\C/C=C\C/C=C\C/C=C\CCCCCCCCCCCC(=O)OC(COC(=O)CCCCCCCCCCCCCCCCCCCCCCCCCCCCCCCCCCC)COC(OCC[N+](C)(C)C)C(=O)[O-]. The van der Waals surface area contributed by atoms with Crippen LogP contribution < -0.4 is 5.11 Å². The minimum atomic E-state index is -1.63. The smallest absolute Gasteiger partial charge is 0.306 e. The highest BCUT2D eigenvalue weighted by Crippen LogP contribution is 2.19. The summed E-state index contributed by atoms with van der Waals surface area (Å²) in [7, 11) is 5.94. The third-order valence-electron chi connectivity index (χ3n) is 17.5. The highest BCUT2D eigenvalue weighted by molar-refractivity contribution is 5.70. The van der Waals surface area contributed by atoms with Crippen LogP contribution in [0.4, 0.5) is 0 Å². The molecule has 0 heterocycles. The monoisotopic (exact) mass is 1330 g/mol. The molecule has 0 fully saturated rings. The average Bonchev–Trinajstić information content (AvgIpc) is 3.75. The molecule has 0 aliphatic carbocycles. The summed E-state index contributed by atoms with van der Waals surface area (Å²) in [5.41, 5.74) is 0. The molecule has 0 bridgehead atoms. The van der Waals surface area contributed by atoms with Gasteiger partial charge in [-0.1, -0.05) is 374 Å². The second-order valence-electron chi connectivity index (χ2n) is 28.0. The van der Waals surface area contributed by atoms with Crippen molar-refractivity contribution in [2.45, 2.75) is 373 Å². The topological polar surface area (TPSA) is 111 Å². The van der Waals surface area contributed by atoms with Gasteiger partial charge in [0.15, 0.2) is 12.4 Å². The minimum absolute atomic E-state index is 0.144. The number of carbonyl (C=O) groups excluding carboxylic acids is 3. The molecule has 0 aromatic heterocycles. The zero-order valence-corrected chi connectivity index (χ0v) is 62.8. The molecule has 95 heavy (non-hydrogen) atoms. The van der Waals surface area contributed by atoms with Crippen molar-refractivity contribution in [2.24, 2.45) is 0 Å². The van der Waals surface area contributed by atoms with E-state index in [0.29, 0.717) is 23.9 Å². The van der Waals surface area contributed by atoms with E-state index in [-0.39, 0.29) is 32.2 Å². The average molecular weight is 1330 g/mol. The Morgan fingerprint density at radius 2 is 0.600 bits per heavy atom. The van der Waals surface area contributed by atoms with Gasteiger partial charge >= 0.3 is 11.9 Å². The Hall–Kier alpha value is -4.05. The van der Waals surface area contributed by atoms with Crippen molar-refractivity contribution in [3.63, 3.8) is 0 Å². The maximum Gasteiger partial charge on any atom is 0.306 e. The van der Waals surface area contributed by atoms with E-state index in [1.54, 1.807) is 0 Å². The summed E-state index contributed by atoms with van der Waals surface area (Å²) in [5, 5.41) is 11.9. The molecular weight excluding hydrogens is 1170 g/mol. The third-order valence-corrected chi connectivity index (χ3v) is 17.5. The van der Waals surface area contributed by atoms with Crippen molar-refractivity contribution < 1.29 is 42.9 Å². The second-order valence-corrected chi connectivity index (χ2v) is 28.0. The Bertz CT molecular complexity index is 1930. The lowest BCUT2D eigenvalue weighted by Crippen LogP contribution is -2.44. The second kappa shape index (κ2) is 75.7. The van der Waals surface area contributed by atoms with Crippen LogP contribution in [0.15, 0.2) is 109 Å². The number of carbonyl (C=O) groups is 3. The highest BCUT2D eigenvalue weighted by atomic mass is 16.7. The number of allylic oxidation sites excluding steroid dienone is 18. The van der Waals surface area contributed by atoms with Crippen molar-refractivity contribution in [3.8, 4) is 0 Å². The highest BCUT2D eigenvalue weighted by Gasteiger charge is 2.22. The summed E-state index contributed by atoms with van der Waals surface area (Å²) in [6, 6.07) is 0. The van der Waals surface area contributed by atoms with Crippen LogP contribution in [0.5, 0.6) is 0 Å². The molecule has 2 unspecified atom stereocenters. The molecule has 0 rings (SSSR count). The molecule has 0 N–H and O–H groups in total. The first-order valence-corrected chi connectivity index (χ1v) is 40.0. The third kappa shape index (κ3) is 77.2. The molecule has 0 aromatic carbocycles. The van der Waals surface area contributed by atoms with Crippen LogP contribution in [0, 0.1) is 0 Å². The Kier molecular flexibility index (Phi) is 72.5. The molecule has 9 nitrogen and oxygen atoms in total. The molecule has 0 aliphatic rings. The van der Waals surface area contributed by atoms with Crippen LogP contribution in [-0.2, 0) is 33.3 Å². The first-order chi connectivity index (χ1) is 46.6. The number of hydrogen-bond acceptors (Lipinski definition) is 8. The van der Waals surface area contributed by atoms with Gasteiger partial charge in [0.05, 0.1) is 40.3 Å². The summed E-state index contributed by atoms with van der Waals surface area (Å²) in [6.07, 6.45) is 104. The Balaban J connectivity index is 4.07. The lowest BCUT2D eigenvalue weighted by Gasteiger charge is -2.26. The molecule has 0 spiro atoms. The van der Waals surface area contributed by atoms with Gasteiger partial charge < -0.3 is 33.3 Å². The van der Waals surface area contributed by atoms with E-state index in [1.165, 1.54) is 225 Å². The number of carboxylic acids is 1. The lowest BCUT2D eigenvalue weighted by molar-refractivity contribution is -0.870. The van der Waals surface area contributed by atoms with Gasteiger partial charge in [-0.3, -0.25) is 9.59 Å². The maximum absolute atomic E-state index is 13.0. The summed E-state index contributed by atoms with van der Waals surface area (Å²) in [5.74, 6) is -2.28. The number of likely N-dealkylation sites (N-methyl/N-ethyl adjacent to an activating group) is 1. The number of rotatable bonds is 74. The molecular formula is C86H151NO8. The van der Waals surface area contributed by atoms with Crippen LogP contribution in [0.3, 0.4) is 0 Å². The summed E-state index contributed by atoms with van der Waals surface area (Å²) in [6.45, 7) is 4.67. The van der Waals surface area contributed by atoms with E-state index in [2.05, 4.69) is 123 Å². The van der Waals surface area contributed by atoms with Crippen molar-refractivity contribution in [3.05, 3.63) is 109 Å². The van der Waals surface area contributed by atoms with Gasteiger partial charge in [-0.15, -0.1) is 0 Å². The van der Waals surface area contributed by atoms with Gasteiger partial charge in [-0.05, 0) is 83.5 Å². The molecule has 0 aromatic rings. The van der Waals surface area contributed by atoms with Crippen LogP contribution >= 0.6 is 0 Å². The fourth-order valence-corrected chi connectivity index (χ4v) is 11.5. The Labute approximate surface area is 587 Å². The molecule has 0 radical (unpaired) electrons. The van der Waals surface area contributed by atoms with Crippen molar-refractivity contribution in [2.75, 3.05) is 47.5 Å². The van der Waals surface area contributed by atoms with E-state index in [0.717, 1.165) is 103 Å². The van der Waals surface area contributed by atoms with E-state index >= 15 is 0 Å². The van der Waals surface area contributed by atoms with Gasteiger partial charge in [0.2, 0.25) is 0 Å².